The van der Waals surface area contributed by atoms with Gasteiger partial charge < -0.3 is 5.73 Å². The maximum atomic E-state index is 5.86. The number of nitrogens with two attached hydrogens (primary N) is 1. The van der Waals surface area contributed by atoms with Gasteiger partial charge in [-0.05, 0) is 18.1 Å². The lowest BCUT2D eigenvalue weighted by atomic mass is 10.1. The van der Waals surface area contributed by atoms with Crippen molar-refractivity contribution in [3.63, 3.8) is 0 Å². The minimum absolute atomic E-state index is 0.305. The topological polar surface area (TPSA) is 38.4 Å². The number of benzene rings is 1. The molecular weight excluding hydrogens is 184 g/mol. The van der Waals surface area contributed by atoms with Gasteiger partial charge >= 0.3 is 0 Å². The number of hydrogen-bond acceptors (Lipinski definition) is 1. The van der Waals surface area contributed by atoms with E-state index in [-0.39, 0.29) is 0 Å². The zero-order chi connectivity index (χ0) is 11.3. The molecule has 0 atom stereocenters. The van der Waals surface area contributed by atoms with Gasteiger partial charge in [0.1, 0.15) is 5.84 Å². The predicted molar refractivity (Wildman–Crippen MR) is 66.6 cm³/mol. The number of hydrogen-bond donors (Lipinski definition) is 1. The van der Waals surface area contributed by atoms with Gasteiger partial charge in [-0.15, -0.1) is 0 Å². The molecule has 0 aliphatic rings. The Labute approximate surface area is 92.2 Å². The van der Waals surface area contributed by atoms with E-state index < -0.39 is 0 Å². The lowest BCUT2D eigenvalue weighted by Gasteiger charge is -2.07. The van der Waals surface area contributed by atoms with Crippen LogP contribution in [0.4, 0.5) is 5.69 Å². The van der Waals surface area contributed by atoms with Crippen LogP contribution < -0.4 is 5.73 Å². The van der Waals surface area contributed by atoms with E-state index in [4.69, 9.17) is 5.73 Å². The molecule has 0 unspecified atom stereocenters. The molecule has 1 aromatic carbocycles. The summed E-state index contributed by atoms with van der Waals surface area (Å²) in [7, 11) is 0. The zero-order valence-electron chi connectivity index (χ0n) is 9.83. The molecule has 1 aromatic rings. The van der Waals surface area contributed by atoms with Gasteiger partial charge in [0.25, 0.3) is 0 Å². The maximum absolute atomic E-state index is 5.86. The Bertz CT molecular complexity index is 340. The van der Waals surface area contributed by atoms with E-state index in [1.54, 1.807) is 0 Å². The van der Waals surface area contributed by atoms with Crippen molar-refractivity contribution in [1.82, 2.24) is 0 Å². The summed E-state index contributed by atoms with van der Waals surface area (Å²) in [4.78, 5) is 4.47. The standard InChI is InChI=1S/C13H20N2/c1-4-7-11-8-5-6-9-12(11)15-13(14)10(2)3/h5-6,8-10H,4,7H2,1-3H3,(H2,14,15). The first-order valence-corrected chi connectivity index (χ1v) is 5.57. The Hall–Kier alpha value is -1.31. The largest absolute Gasteiger partial charge is 0.387 e. The highest BCUT2D eigenvalue weighted by molar-refractivity contribution is 5.85. The molecule has 0 aliphatic carbocycles. The van der Waals surface area contributed by atoms with Crippen molar-refractivity contribution in [2.45, 2.75) is 33.6 Å². The van der Waals surface area contributed by atoms with Gasteiger partial charge in [-0.1, -0.05) is 45.4 Å². The third kappa shape index (κ3) is 3.39. The molecule has 2 N–H and O–H groups in total. The molecule has 0 amide bonds. The number of amidine groups is 1. The SMILES string of the molecule is CCCc1ccccc1N=C(N)C(C)C. The van der Waals surface area contributed by atoms with Crippen LogP contribution in [0.1, 0.15) is 32.8 Å². The van der Waals surface area contributed by atoms with Crippen LogP contribution >= 0.6 is 0 Å². The third-order valence-corrected chi connectivity index (χ3v) is 2.35. The van der Waals surface area contributed by atoms with Crippen molar-refractivity contribution >= 4 is 11.5 Å². The first-order chi connectivity index (χ1) is 7.15. The Morgan fingerprint density at radius 1 is 1.33 bits per heavy atom. The number of para-hydroxylation sites is 1. The highest BCUT2D eigenvalue weighted by Gasteiger charge is 2.02. The lowest BCUT2D eigenvalue weighted by Crippen LogP contribution is -2.18. The van der Waals surface area contributed by atoms with Crippen LogP contribution in [0.15, 0.2) is 29.3 Å². The Morgan fingerprint density at radius 3 is 2.60 bits per heavy atom. The Morgan fingerprint density at radius 2 is 2.00 bits per heavy atom. The first-order valence-electron chi connectivity index (χ1n) is 5.57. The molecule has 15 heavy (non-hydrogen) atoms. The molecule has 0 radical (unpaired) electrons. The number of aliphatic imine (C=N–C) groups is 1. The molecule has 2 heteroatoms. The summed E-state index contributed by atoms with van der Waals surface area (Å²) in [6, 6.07) is 8.21. The molecule has 0 heterocycles. The van der Waals surface area contributed by atoms with E-state index >= 15 is 0 Å². The number of aryl methyl sites for hydroxylation is 1. The van der Waals surface area contributed by atoms with E-state index in [9.17, 15) is 0 Å². The molecule has 0 spiro atoms. The van der Waals surface area contributed by atoms with E-state index in [2.05, 4.69) is 37.9 Å². The van der Waals surface area contributed by atoms with Crippen LogP contribution in [-0.4, -0.2) is 5.84 Å². The van der Waals surface area contributed by atoms with E-state index in [0.717, 1.165) is 18.5 Å². The molecular formula is C13H20N2. The normalized spacial score (nSPS) is 12.1. The summed E-state index contributed by atoms with van der Waals surface area (Å²) in [6.45, 7) is 6.29. The van der Waals surface area contributed by atoms with Crippen molar-refractivity contribution in [3.8, 4) is 0 Å². The average molecular weight is 204 g/mol. The molecule has 82 valence electrons. The minimum Gasteiger partial charge on any atom is -0.387 e. The number of rotatable bonds is 4. The average Bonchev–Trinajstić information content (AvgIpc) is 2.21. The second-order valence-electron chi connectivity index (χ2n) is 4.07. The van der Waals surface area contributed by atoms with Gasteiger partial charge in [0.2, 0.25) is 0 Å². The Balaban J connectivity index is 2.98. The fourth-order valence-electron chi connectivity index (χ4n) is 1.37. The second kappa shape index (κ2) is 5.54. The van der Waals surface area contributed by atoms with Gasteiger partial charge in [0, 0.05) is 5.92 Å². The van der Waals surface area contributed by atoms with E-state index in [1.807, 2.05) is 12.1 Å². The summed E-state index contributed by atoms with van der Waals surface area (Å²) < 4.78 is 0. The predicted octanol–water partition coefficient (Wildman–Crippen LogP) is 3.28. The van der Waals surface area contributed by atoms with Crippen LogP contribution in [0.3, 0.4) is 0 Å². The lowest BCUT2D eigenvalue weighted by molar-refractivity contribution is 0.870. The zero-order valence-corrected chi connectivity index (χ0v) is 9.83. The van der Waals surface area contributed by atoms with Crippen LogP contribution in [0.2, 0.25) is 0 Å². The third-order valence-electron chi connectivity index (χ3n) is 2.35. The molecule has 0 aliphatic heterocycles. The molecule has 0 saturated heterocycles. The van der Waals surface area contributed by atoms with E-state index in [0.29, 0.717) is 11.8 Å². The van der Waals surface area contributed by atoms with Gasteiger partial charge in [0.15, 0.2) is 0 Å². The smallest absolute Gasteiger partial charge is 0.102 e. The highest BCUT2D eigenvalue weighted by Crippen LogP contribution is 2.20. The van der Waals surface area contributed by atoms with Crippen molar-refractivity contribution in [2.75, 3.05) is 0 Å². The maximum Gasteiger partial charge on any atom is 0.102 e. The first kappa shape index (κ1) is 11.8. The molecule has 0 aromatic heterocycles. The van der Waals surface area contributed by atoms with Gasteiger partial charge in [-0.25, -0.2) is 4.99 Å². The fourth-order valence-corrected chi connectivity index (χ4v) is 1.37. The highest BCUT2D eigenvalue weighted by atomic mass is 14.9. The molecule has 2 nitrogen and oxygen atoms in total. The molecule has 1 rings (SSSR count). The number of nitrogens with zero attached hydrogens (tertiary/aromatic N) is 1. The van der Waals surface area contributed by atoms with Crippen molar-refractivity contribution in [2.24, 2.45) is 16.6 Å². The van der Waals surface area contributed by atoms with Gasteiger partial charge in [0.05, 0.1) is 5.69 Å². The molecule has 0 fully saturated rings. The van der Waals surface area contributed by atoms with Crippen LogP contribution in [-0.2, 0) is 6.42 Å². The molecule has 0 saturated carbocycles. The summed E-state index contributed by atoms with van der Waals surface area (Å²) in [5, 5.41) is 0. The second-order valence-corrected chi connectivity index (χ2v) is 4.07. The summed E-state index contributed by atoms with van der Waals surface area (Å²) in [5.41, 5.74) is 8.16. The van der Waals surface area contributed by atoms with Gasteiger partial charge in [-0.2, -0.15) is 0 Å². The Kier molecular flexibility index (Phi) is 4.35. The summed E-state index contributed by atoms with van der Waals surface area (Å²) in [6.07, 6.45) is 2.19. The summed E-state index contributed by atoms with van der Waals surface area (Å²) >= 11 is 0. The summed E-state index contributed by atoms with van der Waals surface area (Å²) in [5.74, 6) is 1.01. The fraction of sp³-hybridized carbons (Fsp3) is 0.462. The van der Waals surface area contributed by atoms with Crippen molar-refractivity contribution in [1.29, 1.82) is 0 Å². The minimum atomic E-state index is 0.305. The van der Waals surface area contributed by atoms with Crippen LogP contribution in [0.5, 0.6) is 0 Å². The molecule has 0 bridgehead atoms. The quantitative estimate of drug-likeness (QED) is 0.593. The van der Waals surface area contributed by atoms with Crippen LogP contribution in [0.25, 0.3) is 0 Å². The monoisotopic (exact) mass is 204 g/mol. The van der Waals surface area contributed by atoms with Crippen molar-refractivity contribution < 1.29 is 0 Å². The van der Waals surface area contributed by atoms with Crippen LogP contribution in [0, 0.1) is 5.92 Å². The van der Waals surface area contributed by atoms with Gasteiger partial charge in [-0.3, -0.25) is 0 Å². The van der Waals surface area contributed by atoms with Crippen molar-refractivity contribution in [3.05, 3.63) is 29.8 Å². The van der Waals surface area contributed by atoms with E-state index in [1.165, 1.54) is 5.56 Å².